The Hall–Kier alpha value is -3.85. The molecule has 4 nitrogen and oxygen atoms in total. The number of phosphoric ester groups is 1. The number of phosphoric acid groups is 1. The Kier molecular flexibility index (Phi) is 4.58. The zero-order chi connectivity index (χ0) is 22.4. The summed E-state index contributed by atoms with van der Waals surface area (Å²) in [7, 11) is -4.47. The van der Waals surface area contributed by atoms with Crippen LogP contribution in [0, 0.1) is 0 Å². The highest BCUT2D eigenvalue weighted by molar-refractivity contribution is 7.48. The first-order chi connectivity index (χ1) is 16.1. The summed E-state index contributed by atoms with van der Waals surface area (Å²) in [6.45, 7) is 0. The van der Waals surface area contributed by atoms with Gasteiger partial charge in [0.15, 0.2) is 0 Å². The molecule has 5 heteroatoms. The van der Waals surface area contributed by atoms with E-state index in [4.69, 9.17) is 9.05 Å². The van der Waals surface area contributed by atoms with E-state index in [1.54, 1.807) is 12.1 Å². The second-order valence-electron chi connectivity index (χ2n) is 7.93. The first-order valence-electron chi connectivity index (χ1n) is 10.6. The van der Waals surface area contributed by atoms with Crippen molar-refractivity contribution in [2.24, 2.45) is 0 Å². The van der Waals surface area contributed by atoms with E-state index in [1.165, 1.54) is 0 Å². The van der Waals surface area contributed by atoms with Crippen LogP contribution in [0.25, 0.3) is 43.1 Å². The van der Waals surface area contributed by atoms with Crippen molar-refractivity contribution in [2.75, 3.05) is 0 Å². The van der Waals surface area contributed by atoms with Gasteiger partial charge in [0.1, 0.15) is 11.5 Å². The minimum absolute atomic E-state index is 0.301. The van der Waals surface area contributed by atoms with E-state index < -0.39 is 7.82 Å². The van der Waals surface area contributed by atoms with Crippen LogP contribution in [0.2, 0.25) is 0 Å². The molecule has 0 saturated heterocycles. The molecule has 6 aromatic rings. The van der Waals surface area contributed by atoms with E-state index in [9.17, 15) is 9.46 Å². The molecular formula is C28H19O4P. The van der Waals surface area contributed by atoms with Crippen molar-refractivity contribution in [1.29, 1.82) is 0 Å². The molecule has 0 unspecified atom stereocenters. The van der Waals surface area contributed by atoms with Gasteiger partial charge in [-0.1, -0.05) is 84.9 Å². The average molecular weight is 450 g/mol. The minimum atomic E-state index is -4.47. The molecule has 33 heavy (non-hydrogen) atoms. The average Bonchev–Trinajstić information content (AvgIpc) is 2.84. The highest BCUT2D eigenvalue weighted by atomic mass is 31.2. The molecule has 0 amide bonds. The van der Waals surface area contributed by atoms with E-state index >= 15 is 0 Å². The predicted octanol–water partition coefficient (Wildman–Crippen LogP) is 7.86. The van der Waals surface area contributed by atoms with Crippen molar-refractivity contribution in [2.45, 2.75) is 0 Å². The van der Waals surface area contributed by atoms with Gasteiger partial charge in [-0.3, -0.25) is 4.89 Å². The molecule has 0 aromatic heterocycles. The Morgan fingerprint density at radius 1 is 0.455 bits per heavy atom. The Labute approximate surface area is 190 Å². The van der Waals surface area contributed by atoms with Crippen molar-refractivity contribution in [3.05, 3.63) is 109 Å². The molecule has 1 N–H and O–H groups in total. The van der Waals surface area contributed by atoms with Gasteiger partial charge in [-0.25, -0.2) is 4.57 Å². The lowest BCUT2D eigenvalue weighted by Crippen LogP contribution is -2.01. The lowest BCUT2D eigenvalue weighted by Gasteiger charge is -2.17. The molecule has 0 aliphatic rings. The van der Waals surface area contributed by atoms with Gasteiger partial charge in [-0.15, -0.1) is 0 Å². The maximum Gasteiger partial charge on any atom is 0.584 e. The fraction of sp³-hybridized carbons (Fsp3) is 0. The van der Waals surface area contributed by atoms with Crippen molar-refractivity contribution >= 4 is 50.9 Å². The normalized spacial score (nSPS) is 11.9. The Bertz CT molecular complexity index is 1600. The molecule has 160 valence electrons. The van der Waals surface area contributed by atoms with Crippen LogP contribution in [0.4, 0.5) is 0 Å². The van der Waals surface area contributed by atoms with E-state index in [2.05, 4.69) is 0 Å². The summed E-state index contributed by atoms with van der Waals surface area (Å²) in [5.74, 6) is 0.601. The molecule has 6 rings (SSSR count). The van der Waals surface area contributed by atoms with Gasteiger partial charge in [-0.2, -0.15) is 0 Å². The maximum absolute atomic E-state index is 13.1. The molecule has 0 heterocycles. The molecule has 0 saturated carbocycles. The van der Waals surface area contributed by atoms with Crippen molar-refractivity contribution in [3.8, 4) is 11.5 Å². The van der Waals surface area contributed by atoms with Crippen LogP contribution in [0.1, 0.15) is 0 Å². The van der Waals surface area contributed by atoms with E-state index in [1.807, 2.05) is 97.1 Å². The van der Waals surface area contributed by atoms with Gasteiger partial charge >= 0.3 is 7.82 Å². The van der Waals surface area contributed by atoms with Gasteiger partial charge in [0.2, 0.25) is 0 Å². The molecule has 0 aliphatic carbocycles. The van der Waals surface area contributed by atoms with Gasteiger partial charge in [0.05, 0.1) is 0 Å². The largest absolute Gasteiger partial charge is 0.584 e. The maximum atomic E-state index is 13.1. The smallest absolute Gasteiger partial charge is 0.395 e. The number of rotatable bonds is 4. The van der Waals surface area contributed by atoms with Crippen LogP contribution in [0.3, 0.4) is 0 Å². The molecule has 0 fully saturated rings. The lowest BCUT2D eigenvalue weighted by atomic mass is 10.0. The fourth-order valence-electron chi connectivity index (χ4n) is 4.45. The number of hydrogen-bond donors (Lipinski definition) is 1. The summed E-state index contributed by atoms with van der Waals surface area (Å²) < 4.78 is 24.3. The summed E-state index contributed by atoms with van der Waals surface area (Å²) in [6.07, 6.45) is 0. The first-order valence-corrected chi connectivity index (χ1v) is 12.1. The molecule has 0 aliphatic heterocycles. The molecule has 0 bridgehead atoms. The number of fused-ring (bicyclic) bond motifs is 6. The quantitative estimate of drug-likeness (QED) is 0.219. The second kappa shape index (κ2) is 7.63. The third kappa shape index (κ3) is 3.50. The monoisotopic (exact) mass is 450 g/mol. The van der Waals surface area contributed by atoms with Crippen molar-refractivity contribution in [1.82, 2.24) is 0 Å². The third-order valence-corrected chi connectivity index (χ3v) is 6.78. The van der Waals surface area contributed by atoms with Crippen LogP contribution in [0.5, 0.6) is 11.5 Å². The summed E-state index contributed by atoms with van der Waals surface area (Å²) >= 11 is 0. The standard InChI is InChI=1S/C28H19O4P/c29-33(30,31-27-13-5-11-23-21-9-3-1-7-19(21)15-17-25(23)27)32-28-14-6-12-24-22-10-4-2-8-20(22)16-18-26(24)28/h1-18H,(H,29,30). The van der Waals surface area contributed by atoms with Crippen LogP contribution in [-0.4, -0.2) is 4.89 Å². The highest BCUT2D eigenvalue weighted by Gasteiger charge is 2.27. The van der Waals surface area contributed by atoms with E-state index in [0.717, 1.165) is 43.1 Å². The first kappa shape index (κ1) is 19.8. The summed E-state index contributed by atoms with van der Waals surface area (Å²) in [4.78, 5) is 10.7. The van der Waals surface area contributed by atoms with Crippen molar-refractivity contribution < 1.29 is 18.5 Å². The van der Waals surface area contributed by atoms with Crippen LogP contribution < -0.4 is 9.05 Å². The highest BCUT2D eigenvalue weighted by Crippen LogP contribution is 2.48. The molecular weight excluding hydrogens is 431 g/mol. The Morgan fingerprint density at radius 2 is 0.879 bits per heavy atom. The van der Waals surface area contributed by atoms with Gasteiger partial charge in [0, 0.05) is 10.8 Å². The molecule has 6 aromatic carbocycles. The van der Waals surface area contributed by atoms with Crippen LogP contribution in [0.15, 0.2) is 109 Å². The molecule has 0 atom stereocenters. The second-order valence-corrected chi connectivity index (χ2v) is 9.23. The van der Waals surface area contributed by atoms with Crippen LogP contribution in [-0.2, 0) is 4.57 Å². The van der Waals surface area contributed by atoms with E-state index in [-0.39, 0.29) is 0 Å². The third-order valence-electron chi connectivity index (χ3n) is 5.92. The topological polar surface area (TPSA) is 55.8 Å². The number of hydrogen-bond acceptors (Lipinski definition) is 3. The molecule has 0 spiro atoms. The summed E-state index contributed by atoms with van der Waals surface area (Å²) in [5.41, 5.74) is 0. The predicted molar refractivity (Wildman–Crippen MR) is 134 cm³/mol. The lowest BCUT2D eigenvalue weighted by molar-refractivity contribution is 0.293. The van der Waals surface area contributed by atoms with Gasteiger partial charge in [-0.05, 0) is 56.6 Å². The SMILES string of the molecule is O=P(O)(Oc1cccc2c1ccc1ccccc12)Oc1cccc2c1ccc1ccccc12. The van der Waals surface area contributed by atoms with Crippen molar-refractivity contribution in [3.63, 3.8) is 0 Å². The minimum Gasteiger partial charge on any atom is -0.395 e. The van der Waals surface area contributed by atoms with Gasteiger partial charge < -0.3 is 9.05 Å². The summed E-state index contributed by atoms with van der Waals surface area (Å²) in [5, 5.41) is 7.67. The zero-order valence-corrected chi connectivity index (χ0v) is 18.4. The fourth-order valence-corrected chi connectivity index (χ4v) is 5.30. The Balaban J connectivity index is 1.40. The number of benzene rings is 6. The van der Waals surface area contributed by atoms with E-state index in [0.29, 0.717) is 11.5 Å². The molecule has 0 radical (unpaired) electrons. The Morgan fingerprint density at radius 3 is 1.36 bits per heavy atom. The zero-order valence-electron chi connectivity index (χ0n) is 17.5. The van der Waals surface area contributed by atoms with Gasteiger partial charge in [0.25, 0.3) is 0 Å². The van der Waals surface area contributed by atoms with Crippen LogP contribution >= 0.6 is 7.82 Å². The summed E-state index contributed by atoms with van der Waals surface area (Å²) in [6, 6.07) is 34.7.